The Kier molecular flexibility index (Phi) is 6.57. The molecule has 0 saturated carbocycles. The van der Waals surface area contributed by atoms with Gasteiger partial charge in [-0.05, 0) is 24.6 Å². The molecule has 0 bridgehead atoms. The molecule has 0 aliphatic rings. The summed E-state index contributed by atoms with van der Waals surface area (Å²) in [5.41, 5.74) is 1.46. The number of nitrogens with one attached hydrogen (secondary N) is 2. The van der Waals surface area contributed by atoms with Gasteiger partial charge in [0.15, 0.2) is 0 Å². The number of hydrogen-bond donors (Lipinski definition) is 2. The van der Waals surface area contributed by atoms with E-state index in [1.807, 2.05) is 66.2 Å². The van der Waals surface area contributed by atoms with Crippen molar-refractivity contribution >= 4 is 11.8 Å². The predicted molar refractivity (Wildman–Crippen MR) is 108 cm³/mol. The normalized spacial score (nSPS) is 12.8. The van der Waals surface area contributed by atoms with Crippen LogP contribution in [0.1, 0.15) is 35.3 Å². The third kappa shape index (κ3) is 5.54. The van der Waals surface area contributed by atoms with E-state index in [9.17, 15) is 9.59 Å². The van der Waals surface area contributed by atoms with Crippen molar-refractivity contribution in [2.24, 2.45) is 0 Å². The van der Waals surface area contributed by atoms with E-state index in [-0.39, 0.29) is 24.3 Å². The molecular formula is C22H24N4O2. The van der Waals surface area contributed by atoms with E-state index in [0.29, 0.717) is 12.1 Å². The quantitative estimate of drug-likeness (QED) is 0.635. The molecule has 3 rings (SSSR count). The van der Waals surface area contributed by atoms with Gasteiger partial charge in [-0.1, -0.05) is 48.5 Å². The highest BCUT2D eigenvalue weighted by Crippen LogP contribution is 2.17. The Morgan fingerprint density at radius 1 is 1.00 bits per heavy atom. The Balaban J connectivity index is 1.65. The van der Waals surface area contributed by atoms with Crippen molar-refractivity contribution in [2.45, 2.75) is 32.0 Å². The topological polar surface area (TPSA) is 76.0 Å². The van der Waals surface area contributed by atoms with Crippen molar-refractivity contribution in [3.8, 4) is 0 Å². The summed E-state index contributed by atoms with van der Waals surface area (Å²) in [6, 6.07) is 18.1. The molecule has 28 heavy (non-hydrogen) atoms. The van der Waals surface area contributed by atoms with Crippen molar-refractivity contribution in [3.63, 3.8) is 0 Å². The van der Waals surface area contributed by atoms with Gasteiger partial charge in [-0.15, -0.1) is 0 Å². The molecule has 2 aromatic carbocycles. The monoisotopic (exact) mass is 376 g/mol. The SMILES string of the molecule is CC(Cn1ccnc1)NC(=O)CC(NC(=O)c1ccccc1)c1ccccc1. The van der Waals surface area contributed by atoms with Crippen molar-refractivity contribution in [1.29, 1.82) is 0 Å². The van der Waals surface area contributed by atoms with Crippen LogP contribution in [0.15, 0.2) is 79.4 Å². The molecule has 0 fully saturated rings. The molecule has 0 saturated heterocycles. The zero-order valence-electron chi connectivity index (χ0n) is 15.8. The molecule has 3 aromatic rings. The van der Waals surface area contributed by atoms with E-state index in [2.05, 4.69) is 15.6 Å². The lowest BCUT2D eigenvalue weighted by Crippen LogP contribution is -2.38. The Morgan fingerprint density at radius 3 is 2.32 bits per heavy atom. The average Bonchev–Trinajstić information content (AvgIpc) is 3.21. The van der Waals surface area contributed by atoms with E-state index < -0.39 is 6.04 Å². The Hall–Kier alpha value is -3.41. The van der Waals surface area contributed by atoms with Crippen molar-refractivity contribution < 1.29 is 9.59 Å². The lowest BCUT2D eigenvalue weighted by atomic mass is 10.0. The number of imidazole rings is 1. The van der Waals surface area contributed by atoms with E-state index in [1.165, 1.54) is 0 Å². The predicted octanol–water partition coefficient (Wildman–Crippen LogP) is 2.95. The van der Waals surface area contributed by atoms with Gasteiger partial charge in [0.2, 0.25) is 5.91 Å². The fraction of sp³-hybridized carbons (Fsp3) is 0.227. The highest BCUT2D eigenvalue weighted by atomic mass is 16.2. The largest absolute Gasteiger partial charge is 0.352 e. The molecule has 1 aromatic heterocycles. The third-order valence-corrected chi connectivity index (χ3v) is 4.38. The minimum absolute atomic E-state index is 0.0528. The number of benzene rings is 2. The maximum absolute atomic E-state index is 12.6. The molecule has 6 nitrogen and oxygen atoms in total. The maximum Gasteiger partial charge on any atom is 0.251 e. The highest BCUT2D eigenvalue weighted by molar-refractivity contribution is 5.94. The zero-order chi connectivity index (χ0) is 19.8. The zero-order valence-corrected chi connectivity index (χ0v) is 15.8. The summed E-state index contributed by atoms with van der Waals surface area (Å²) >= 11 is 0. The van der Waals surface area contributed by atoms with Crippen LogP contribution in [0.3, 0.4) is 0 Å². The summed E-state index contributed by atoms with van der Waals surface area (Å²) in [5.74, 6) is -0.316. The average molecular weight is 376 g/mol. The van der Waals surface area contributed by atoms with Crippen LogP contribution < -0.4 is 10.6 Å². The van der Waals surface area contributed by atoms with Crippen molar-refractivity contribution in [3.05, 3.63) is 90.5 Å². The van der Waals surface area contributed by atoms with Crippen LogP contribution in [0, 0.1) is 0 Å². The minimum Gasteiger partial charge on any atom is -0.352 e. The number of carbonyl (C=O) groups excluding carboxylic acids is 2. The molecule has 0 aliphatic heterocycles. The lowest BCUT2D eigenvalue weighted by Gasteiger charge is -2.21. The van der Waals surface area contributed by atoms with Gasteiger partial charge in [0.1, 0.15) is 0 Å². The molecule has 6 heteroatoms. The molecular weight excluding hydrogens is 352 g/mol. The van der Waals surface area contributed by atoms with Crippen LogP contribution >= 0.6 is 0 Å². The third-order valence-electron chi connectivity index (χ3n) is 4.38. The summed E-state index contributed by atoms with van der Waals surface area (Å²) in [6.07, 6.45) is 5.45. The number of rotatable bonds is 8. The summed E-state index contributed by atoms with van der Waals surface area (Å²) in [6.45, 7) is 2.58. The second-order valence-corrected chi connectivity index (χ2v) is 6.73. The number of amides is 2. The first-order valence-electron chi connectivity index (χ1n) is 9.28. The summed E-state index contributed by atoms with van der Waals surface area (Å²) in [4.78, 5) is 29.2. The standard InChI is InChI=1S/C22H24N4O2/c1-17(15-26-13-12-23-16-26)24-21(27)14-20(18-8-4-2-5-9-18)25-22(28)19-10-6-3-7-11-19/h2-13,16-17,20H,14-15H2,1H3,(H,24,27)(H,25,28). The molecule has 0 aliphatic carbocycles. The Bertz CT molecular complexity index is 879. The summed E-state index contributed by atoms with van der Waals surface area (Å²) in [5, 5.41) is 5.98. The first kappa shape index (κ1) is 19.4. The van der Waals surface area contributed by atoms with Crippen LogP contribution in [-0.4, -0.2) is 27.4 Å². The van der Waals surface area contributed by atoms with E-state index >= 15 is 0 Å². The first-order chi connectivity index (χ1) is 13.6. The van der Waals surface area contributed by atoms with Crippen molar-refractivity contribution in [2.75, 3.05) is 0 Å². The van der Waals surface area contributed by atoms with Crippen molar-refractivity contribution in [1.82, 2.24) is 20.2 Å². The smallest absolute Gasteiger partial charge is 0.251 e. The summed E-state index contributed by atoms with van der Waals surface area (Å²) < 4.78 is 1.91. The molecule has 144 valence electrons. The molecule has 2 N–H and O–H groups in total. The number of nitrogens with zero attached hydrogens (tertiary/aromatic N) is 2. The van der Waals surface area contributed by atoms with Gasteiger partial charge in [-0.2, -0.15) is 0 Å². The molecule has 0 radical (unpaired) electrons. The lowest BCUT2D eigenvalue weighted by molar-refractivity contribution is -0.122. The van der Waals surface area contributed by atoms with Gasteiger partial charge in [-0.25, -0.2) is 4.98 Å². The molecule has 1 heterocycles. The van der Waals surface area contributed by atoms with Gasteiger partial charge < -0.3 is 15.2 Å². The van der Waals surface area contributed by atoms with E-state index in [1.54, 1.807) is 24.7 Å². The summed E-state index contributed by atoms with van der Waals surface area (Å²) in [7, 11) is 0. The van der Waals surface area contributed by atoms with Crippen LogP contribution in [-0.2, 0) is 11.3 Å². The van der Waals surface area contributed by atoms with E-state index in [0.717, 1.165) is 5.56 Å². The van der Waals surface area contributed by atoms with Crippen LogP contribution in [0.4, 0.5) is 0 Å². The molecule has 2 unspecified atom stereocenters. The van der Waals surface area contributed by atoms with Crippen LogP contribution in [0.25, 0.3) is 0 Å². The van der Waals surface area contributed by atoms with Crippen LogP contribution in [0.2, 0.25) is 0 Å². The van der Waals surface area contributed by atoms with Gasteiger partial charge in [0.05, 0.1) is 18.8 Å². The minimum atomic E-state index is -0.408. The number of hydrogen-bond acceptors (Lipinski definition) is 3. The van der Waals surface area contributed by atoms with Crippen LogP contribution in [0.5, 0.6) is 0 Å². The number of carbonyl (C=O) groups is 2. The van der Waals surface area contributed by atoms with Gasteiger partial charge in [-0.3, -0.25) is 9.59 Å². The highest BCUT2D eigenvalue weighted by Gasteiger charge is 2.20. The first-order valence-corrected chi connectivity index (χ1v) is 9.28. The Morgan fingerprint density at radius 2 is 1.68 bits per heavy atom. The van der Waals surface area contributed by atoms with E-state index in [4.69, 9.17) is 0 Å². The van der Waals surface area contributed by atoms with Gasteiger partial charge in [0, 0.05) is 30.5 Å². The van der Waals surface area contributed by atoms with Gasteiger partial charge in [0.25, 0.3) is 5.91 Å². The molecule has 2 amide bonds. The molecule has 2 atom stereocenters. The fourth-order valence-electron chi connectivity index (χ4n) is 3.04. The fourth-order valence-corrected chi connectivity index (χ4v) is 3.04. The second-order valence-electron chi connectivity index (χ2n) is 6.73. The number of aromatic nitrogens is 2. The van der Waals surface area contributed by atoms with Gasteiger partial charge >= 0.3 is 0 Å². The maximum atomic E-state index is 12.6. The molecule has 0 spiro atoms. The second kappa shape index (κ2) is 9.50. The Labute approximate surface area is 164 Å².